The van der Waals surface area contributed by atoms with Crippen molar-refractivity contribution in [2.75, 3.05) is 19.6 Å². The Kier molecular flexibility index (Phi) is 6.65. The molecular formula is C27H29N5O2. The summed E-state index contributed by atoms with van der Waals surface area (Å²) >= 11 is 0. The number of carbonyl (C=O) groups is 1. The predicted octanol–water partition coefficient (Wildman–Crippen LogP) is 3.40. The van der Waals surface area contributed by atoms with Crippen LogP contribution < -0.4 is 0 Å². The Hall–Kier alpha value is -3.55. The minimum Gasteiger partial charge on any atom is -0.370 e. The molecule has 0 aliphatic carbocycles. The van der Waals surface area contributed by atoms with Gasteiger partial charge in [-0.25, -0.2) is 4.98 Å². The van der Waals surface area contributed by atoms with E-state index in [0.29, 0.717) is 39.3 Å². The van der Waals surface area contributed by atoms with Crippen molar-refractivity contribution in [2.45, 2.75) is 25.8 Å². The van der Waals surface area contributed by atoms with Crippen LogP contribution in [0.2, 0.25) is 0 Å². The lowest BCUT2D eigenvalue weighted by Crippen LogP contribution is -2.37. The van der Waals surface area contributed by atoms with Crippen LogP contribution in [-0.4, -0.2) is 56.0 Å². The normalized spacial score (nSPS) is 17.3. The molecule has 1 aliphatic heterocycles. The maximum Gasteiger partial charge on any atom is 0.237 e. The molecule has 2 aromatic heterocycles. The quantitative estimate of drug-likeness (QED) is 0.427. The number of imidazole rings is 1. The number of rotatable bonds is 7. The van der Waals surface area contributed by atoms with Crippen LogP contribution >= 0.6 is 0 Å². The van der Waals surface area contributed by atoms with Gasteiger partial charge in [-0.2, -0.15) is 0 Å². The first-order valence-corrected chi connectivity index (χ1v) is 11.6. The number of ether oxygens (including phenoxy) is 1. The van der Waals surface area contributed by atoms with E-state index in [9.17, 15) is 4.79 Å². The predicted molar refractivity (Wildman–Crippen MR) is 131 cm³/mol. The van der Waals surface area contributed by atoms with E-state index in [0.717, 1.165) is 28.0 Å². The van der Waals surface area contributed by atoms with Gasteiger partial charge in [0.2, 0.25) is 5.91 Å². The first kappa shape index (κ1) is 22.3. The summed E-state index contributed by atoms with van der Waals surface area (Å²) in [5.41, 5.74) is 4.20. The third kappa shape index (κ3) is 5.16. The lowest BCUT2D eigenvalue weighted by Gasteiger charge is -2.25. The molecule has 3 heterocycles. The molecule has 1 atom stereocenters. The number of aryl methyl sites for hydroxylation is 1. The number of fused-ring (bicyclic) bond motifs is 1. The van der Waals surface area contributed by atoms with Crippen LogP contribution in [0.1, 0.15) is 17.0 Å². The molecule has 0 spiro atoms. The van der Waals surface area contributed by atoms with E-state index < -0.39 is 0 Å². The van der Waals surface area contributed by atoms with Crippen LogP contribution in [0.5, 0.6) is 0 Å². The molecule has 0 N–H and O–H groups in total. The van der Waals surface area contributed by atoms with Crippen molar-refractivity contribution in [2.24, 2.45) is 7.05 Å². The Bertz CT molecular complexity index is 1240. The van der Waals surface area contributed by atoms with Gasteiger partial charge in [0, 0.05) is 39.1 Å². The van der Waals surface area contributed by atoms with Crippen molar-refractivity contribution >= 4 is 16.9 Å². The molecule has 1 saturated heterocycles. The number of pyridine rings is 1. The molecule has 2 aromatic carbocycles. The number of aromatic nitrogens is 3. The minimum absolute atomic E-state index is 0.107. The molecule has 0 saturated carbocycles. The van der Waals surface area contributed by atoms with Gasteiger partial charge < -0.3 is 14.2 Å². The summed E-state index contributed by atoms with van der Waals surface area (Å²) in [5, 5.41) is 0. The lowest BCUT2D eigenvalue weighted by atomic mass is 10.2. The number of hydrogen-bond acceptors (Lipinski definition) is 5. The van der Waals surface area contributed by atoms with E-state index in [2.05, 4.69) is 32.7 Å². The fourth-order valence-electron chi connectivity index (χ4n) is 4.47. The van der Waals surface area contributed by atoms with Crippen molar-refractivity contribution in [3.8, 4) is 0 Å². The molecule has 174 valence electrons. The molecule has 1 fully saturated rings. The third-order valence-corrected chi connectivity index (χ3v) is 6.27. The lowest BCUT2D eigenvalue weighted by molar-refractivity contribution is -0.132. The first-order chi connectivity index (χ1) is 16.7. The summed E-state index contributed by atoms with van der Waals surface area (Å²) in [6.07, 6.45) is 3.46. The summed E-state index contributed by atoms with van der Waals surface area (Å²) in [5.74, 6) is 1.05. The van der Waals surface area contributed by atoms with Crippen molar-refractivity contribution in [1.82, 2.24) is 24.3 Å². The molecule has 7 heteroatoms. The van der Waals surface area contributed by atoms with E-state index in [-0.39, 0.29) is 12.0 Å². The van der Waals surface area contributed by atoms with Crippen molar-refractivity contribution in [3.05, 3.63) is 96.1 Å². The molecular weight excluding hydrogens is 426 g/mol. The van der Waals surface area contributed by atoms with Crippen LogP contribution in [0, 0.1) is 0 Å². The highest BCUT2D eigenvalue weighted by molar-refractivity contribution is 5.79. The van der Waals surface area contributed by atoms with E-state index in [1.807, 2.05) is 66.7 Å². The van der Waals surface area contributed by atoms with Gasteiger partial charge in [0.05, 0.1) is 36.8 Å². The molecule has 1 amide bonds. The Morgan fingerprint density at radius 2 is 1.74 bits per heavy atom. The van der Waals surface area contributed by atoms with Crippen molar-refractivity contribution in [1.29, 1.82) is 0 Å². The summed E-state index contributed by atoms with van der Waals surface area (Å²) in [6.45, 7) is 3.16. The van der Waals surface area contributed by atoms with Crippen LogP contribution in [-0.2, 0) is 36.3 Å². The zero-order valence-corrected chi connectivity index (χ0v) is 19.4. The molecule has 0 unspecified atom stereocenters. The maximum atomic E-state index is 13.3. The summed E-state index contributed by atoms with van der Waals surface area (Å²) in [7, 11) is 2.03. The zero-order valence-electron chi connectivity index (χ0n) is 19.4. The molecule has 1 aliphatic rings. The Labute approximate surface area is 199 Å². The number of amides is 1. The van der Waals surface area contributed by atoms with Crippen LogP contribution in [0.3, 0.4) is 0 Å². The fourth-order valence-corrected chi connectivity index (χ4v) is 4.47. The standard InChI is InChI=1S/C27H29N5O2/c1-30-25-12-6-5-11-24(25)29-26(30)18-31-16-23(34-20-22-10-7-13-28-14-22)17-32(27(33)19-31)15-21-8-3-2-4-9-21/h2-14,23H,15-20H2,1H3/t23-/m1/s1. The highest BCUT2D eigenvalue weighted by atomic mass is 16.5. The van der Waals surface area contributed by atoms with E-state index >= 15 is 0 Å². The van der Waals surface area contributed by atoms with Gasteiger partial charge in [0.15, 0.2) is 0 Å². The van der Waals surface area contributed by atoms with Crippen molar-refractivity contribution < 1.29 is 9.53 Å². The molecule has 0 bridgehead atoms. The van der Waals surface area contributed by atoms with Gasteiger partial charge in [-0.15, -0.1) is 0 Å². The number of hydrogen-bond donors (Lipinski definition) is 0. The maximum absolute atomic E-state index is 13.3. The number of carbonyl (C=O) groups excluding carboxylic acids is 1. The Morgan fingerprint density at radius 1 is 0.941 bits per heavy atom. The molecule has 34 heavy (non-hydrogen) atoms. The number of para-hydroxylation sites is 2. The topological polar surface area (TPSA) is 63.5 Å². The number of nitrogens with zero attached hydrogens (tertiary/aromatic N) is 5. The first-order valence-electron chi connectivity index (χ1n) is 11.6. The second kappa shape index (κ2) is 10.2. The Morgan fingerprint density at radius 3 is 2.53 bits per heavy atom. The Balaban J connectivity index is 1.35. The van der Waals surface area contributed by atoms with E-state index in [1.54, 1.807) is 6.20 Å². The van der Waals surface area contributed by atoms with Gasteiger partial charge in [0.25, 0.3) is 0 Å². The molecule has 0 radical (unpaired) electrons. The summed E-state index contributed by atoms with van der Waals surface area (Å²) in [4.78, 5) is 26.4. The highest BCUT2D eigenvalue weighted by Gasteiger charge is 2.29. The smallest absolute Gasteiger partial charge is 0.237 e. The SMILES string of the molecule is Cn1c(CN2CC(=O)N(Cc3ccccc3)C[C@H](OCc3cccnc3)C2)nc2ccccc21. The third-order valence-electron chi connectivity index (χ3n) is 6.27. The van der Waals surface area contributed by atoms with Crippen LogP contribution in [0.4, 0.5) is 0 Å². The van der Waals surface area contributed by atoms with Crippen LogP contribution in [0.25, 0.3) is 11.0 Å². The minimum atomic E-state index is -0.120. The average molecular weight is 456 g/mol. The summed E-state index contributed by atoms with van der Waals surface area (Å²) < 4.78 is 8.43. The van der Waals surface area contributed by atoms with E-state index in [1.165, 1.54) is 0 Å². The second-order valence-electron chi connectivity index (χ2n) is 8.80. The van der Waals surface area contributed by atoms with Gasteiger partial charge in [-0.3, -0.25) is 14.7 Å². The van der Waals surface area contributed by atoms with E-state index in [4.69, 9.17) is 9.72 Å². The second-order valence-corrected chi connectivity index (χ2v) is 8.80. The molecule has 7 nitrogen and oxygen atoms in total. The van der Waals surface area contributed by atoms with Gasteiger partial charge in [0.1, 0.15) is 5.82 Å². The summed E-state index contributed by atoms with van der Waals surface area (Å²) in [6, 6.07) is 22.1. The molecule has 4 aromatic rings. The molecule has 5 rings (SSSR count). The van der Waals surface area contributed by atoms with Gasteiger partial charge in [-0.05, 0) is 29.3 Å². The highest BCUT2D eigenvalue weighted by Crippen LogP contribution is 2.19. The largest absolute Gasteiger partial charge is 0.370 e. The van der Waals surface area contributed by atoms with Crippen molar-refractivity contribution in [3.63, 3.8) is 0 Å². The van der Waals surface area contributed by atoms with Gasteiger partial charge >= 0.3 is 0 Å². The zero-order chi connectivity index (χ0) is 23.3. The average Bonchev–Trinajstić information content (AvgIpc) is 3.09. The van der Waals surface area contributed by atoms with Gasteiger partial charge in [-0.1, -0.05) is 48.5 Å². The van der Waals surface area contributed by atoms with Crippen LogP contribution in [0.15, 0.2) is 79.1 Å². The fraction of sp³-hybridized carbons (Fsp3) is 0.296. The monoisotopic (exact) mass is 455 g/mol. The number of benzene rings is 2.